The first kappa shape index (κ1) is 15.7. The van der Waals surface area contributed by atoms with Crippen LogP contribution in [0.3, 0.4) is 0 Å². The quantitative estimate of drug-likeness (QED) is 0.819. The summed E-state index contributed by atoms with van der Waals surface area (Å²) in [4.78, 5) is 16.6. The van der Waals surface area contributed by atoms with Crippen LogP contribution in [0.15, 0.2) is 39.4 Å². The topological polar surface area (TPSA) is 52.2 Å². The van der Waals surface area contributed by atoms with Crippen LogP contribution in [0.1, 0.15) is 16.1 Å². The van der Waals surface area contributed by atoms with E-state index < -0.39 is 0 Å². The zero-order valence-corrected chi connectivity index (χ0v) is 15.1. The molecule has 1 aromatic heterocycles. The lowest BCUT2D eigenvalue weighted by molar-refractivity contribution is 0.0621. The summed E-state index contributed by atoms with van der Waals surface area (Å²) in [6.45, 7) is 4.11. The molecular formula is C15H16Br2N4O. The number of piperazine rings is 1. The van der Waals surface area contributed by atoms with Crippen molar-refractivity contribution in [3.8, 4) is 0 Å². The minimum absolute atomic E-state index is 0.00455. The zero-order valence-electron chi connectivity index (χ0n) is 11.9. The van der Waals surface area contributed by atoms with Crippen LogP contribution in [0.25, 0.3) is 0 Å². The minimum Gasteiger partial charge on any atom is -0.335 e. The van der Waals surface area contributed by atoms with Crippen LogP contribution >= 0.6 is 31.9 Å². The molecule has 2 heterocycles. The summed E-state index contributed by atoms with van der Waals surface area (Å²) in [5, 5.41) is 6.64. The number of amides is 1. The second-order valence-corrected chi connectivity index (χ2v) is 6.96. The molecule has 0 spiro atoms. The van der Waals surface area contributed by atoms with Crippen LogP contribution in [0.5, 0.6) is 0 Å². The number of nitrogens with zero attached hydrogens (tertiary/aromatic N) is 3. The van der Waals surface area contributed by atoms with Gasteiger partial charge in [-0.25, -0.2) is 0 Å². The molecule has 0 saturated carbocycles. The maximum atomic E-state index is 12.4. The molecule has 2 aromatic rings. The maximum absolute atomic E-state index is 12.4. The van der Waals surface area contributed by atoms with Gasteiger partial charge in [-0.15, -0.1) is 0 Å². The van der Waals surface area contributed by atoms with Crippen molar-refractivity contribution < 1.29 is 4.79 Å². The summed E-state index contributed by atoms with van der Waals surface area (Å²) >= 11 is 6.93. The van der Waals surface area contributed by atoms with Crippen molar-refractivity contribution >= 4 is 37.8 Å². The number of aromatic amines is 1. The molecule has 1 aromatic carbocycles. The van der Waals surface area contributed by atoms with Gasteiger partial charge in [-0.1, -0.05) is 34.1 Å². The van der Waals surface area contributed by atoms with Crippen LogP contribution in [0.4, 0.5) is 0 Å². The van der Waals surface area contributed by atoms with E-state index in [-0.39, 0.29) is 5.91 Å². The third kappa shape index (κ3) is 3.42. The molecular weight excluding hydrogens is 412 g/mol. The van der Waals surface area contributed by atoms with Crippen molar-refractivity contribution in [3.63, 3.8) is 0 Å². The molecule has 1 aliphatic heterocycles. The third-order valence-electron chi connectivity index (χ3n) is 3.82. The van der Waals surface area contributed by atoms with E-state index in [9.17, 15) is 4.79 Å². The van der Waals surface area contributed by atoms with Crippen LogP contribution < -0.4 is 0 Å². The molecule has 116 valence electrons. The van der Waals surface area contributed by atoms with Crippen LogP contribution in [-0.2, 0) is 6.54 Å². The Bertz CT molecular complexity index is 665. The number of carbonyl (C=O) groups excluding carboxylic acids is 1. The van der Waals surface area contributed by atoms with E-state index in [1.54, 1.807) is 6.20 Å². The molecule has 0 atom stereocenters. The molecule has 1 N–H and O–H groups in total. The number of H-pyrrole nitrogens is 1. The van der Waals surface area contributed by atoms with Crippen molar-refractivity contribution in [2.45, 2.75) is 6.54 Å². The average Bonchev–Trinajstić information content (AvgIpc) is 2.96. The van der Waals surface area contributed by atoms with Gasteiger partial charge < -0.3 is 4.90 Å². The van der Waals surface area contributed by atoms with Gasteiger partial charge in [-0.3, -0.25) is 14.8 Å². The first-order valence-corrected chi connectivity index (χ1v) is 8.67. The molecule has 7 heteroatoms. The Morgan fingerprint density at radius 1 is 1.14 bits per heavy atom. The number of rotatable bonds is 3. The SMILES string of the molecule is O=C(c1[nH]ncc1Br)N1CCN(Cc2ccccc2Br)CC1. The molecule has 5 nitrogen and oxygen atoms in total. The summed E-state index contributed by atoms with van der Waals surface area (Å²) < 4.78 is 1.85. The molecule has 3 rings (SSSR count). The van der Waals surface area contributed by atoms with Gasteiger partial charge in [0.2, 0.25) is 0 Å². The van der Waals surface area contributed by atoms with Gasteiger partial charge in [0, 0.05) is 37.2 Å². The van der Waals surface area contributed by atoms with Crippen LogP contribution in [-0.4, -0.2) is 52.1 Å². The highest BCUT2D eigenvalue weighted by atomic mass is 79.9. The number of halogens is 2. The lowest BCUT2D eigenvalue weighted by Gasteiger charge is -2.34. The molecule has 1 aliphatic rings. The van der Waals surface area contributed by atoms with Gasteiger partial charge in [0.25, 0.3) is 5.91 Å². The Kier molecular flexibility index (Phi) is 4.95. The van der Waals surface area contributed by atoms with Gasteiger partial charge in [0.15, 0.2) is 0 Å². The van der Waals surface area contributed by atoms with Crippen molar-refractivity contribution in [1.82, 2.24) is 20.0 Å². The molecule has 0 aliphatic carbocycles. The zero-order chi connectivity index (χ0) is 15.5. The number of aromatic nitrogens is 2. The second kappa shape index (κ2) is 6.93. The largest absolute Gasteiger partial charge is 0.335 e. The summed E-state index contributed by atoms with van der Waals surface area (Å²) in [5.74, 6) is 0.00455. The van der Waals surface area contributed by atoms with E-state index in [1.807, 2.05) is 11.0 Å². The minimum atomic E-state index is 0.00455. The van der Waals surface area contributed by atoms with Gasteiger partial charge in [-0.2, -0.15) is 5.10 Å². The highest BCUT2D eigenvalue weighted by Gasteiger charge is 2.24. The van der Waals surface area contributed by atoms with Crippen LogP contribution in [0.2, 0.25) is 0 Å². The predicted octanol–water partition coefficient (Wildman–Crippen LogP) is 2.89. The number of nitrogens with one attached hydrogen (secondary N) is 1. The highest BCUT2D eigenvalue weighted by molar-refractivity contribution is 9.10. The predicted molar refractivity (Wildman–Crippen MR) is 91.6 cm³/mol. The lowest BCUT2D eigenvalue weighted by Crippen LogP contribution is -2.48. The fraction of sp³-hybridized carbons (Fsp3) is 0.333. The van der Waals surface area contributed by atoms with Crippen LogP contribution in [0, 0.1) is 0 Å². The third-order valence-corrected chi connectivity index (χ3v) is 5.19. The molecule has 1 amide bonds. The first-order chi connectivity index (χ1) is 10.6. The van der Waals surface area contributed by atoms with E-state index in [2.05, 4.69) is 65.2 Å². The molecule has 0 radical (unpaired) electrons. The lowest BCUT2D eigenvalue weighted by atomic mass is 10.2. The highest BCUT2D eigenvalue weighted by Crippen LogP contribution is 2.20. The summed E-state index contributed by atoms with van der Waals surface area (Å²) in [6.07, 6.45) is 1.61. The van der Waals surface area contributed by atoms with E-state index in [4.69, 9.17) is 0 Å². The Hall–Kier alpha value is -1.18. The van der Waals surface area contributed by atoms with E-state index in [1.165, 1.54) is 5.56 Å². The smallest absolute Gasteiger partial charge is 0.273 e. The monoisotopic (exact) mass is 426 g/mol. The standard InChI is InChI=1S/C15H16Br2N4O/c16-12-4-2-1-3-11(12)10-20-5-7-21(8-6-20)15(22)14-13(17)9-18-19-14/h1-4,9H,5-8,10H2,(H,18,19). The molecule has 1 fully saturated rings. The van der Waals surface area contributed by atoms with Crippen molar-refractivity contribution in [1.29, 1.82) is 0 Å². The first-order valence-electron chi connectivity index (χ1n) is 7.09. The number of hydrogen-bond donors (Lipinski definition) is 1. The van der Waals surface area contributed by atoms with Gasteiger partial charge >= 0.3 is 0 Å². The summed E-state index contributed by atoms with van der Waals surface area (Å²) in [5.41, 5.74) is 1.80. The maximum Gasteiger partial charge on any atom is 0.273 e. The fourth-order valence-corrected chi connectivity index (χ4v) is 3.33. The van der Waals surface area contributed by atoms with Gasteiger partial charge in [-0.05, 0) is 27.6 Å². The van der Waals surface area contributed by atoms with E-state index in [0.717, 1.165) is 37.2 Å². The van der Waals surface area contributed by atoms with Crippen molar-refractivity contribution in [2.24, 2.45) is 0 Å². The number of benzene rings is 1. The molecule has 1 saturated heterocycles. The Balaban J connectivity index is 1.58. The summed E-state index contributed by atoms with van der Waals surface area (Å²) in [7, 11) is 0. The Morgan fingerprint density at radius 3 is 2.50 bits per heavy atom. The fourth-order valence-electron chi connectivity index (χ4n) is 2.56. The normalized spacial score (nSPS) is 16.0. The average molecular weight is 428 g/mol. The molecule has 0 bridgehead atoms. The molecule has 0 unspecified atom stereocenters. The molecule has 22 heavy (non-hydrogen) atoms. The van der Waals surface area contributed by atoms with E-state index in [0.29, 0.717) is 10.2 Å². The Labute approximate surface area is 145 Å². The second-order valence-electron chi connectivity index (χ2n) is 5.25. The van der Waals surface area contributed by atoms with Gasteiger partial charge in [0.05, 0.1) is 10.7 Å². The van der Waals surface area contributed by atoms with Crippen molar-refractivity contribution in [2.75, 3.05) is 26.2 Å². The number of carbonyl (C=O) groups is 1. The summed E-state index contributed by atoms with van der Waals surface area (Å²) in [6, 6.07) is 8.26. The number of hydrogen-bond acceptors (Lipinski definition) is 3. The van der Waals surface area contributed by atoms with Gasteiger partial charge in [0.1, 0.15) is 5.69 Å². The van der Waals surface area contributed by atoms with E-state index >= 15 is 0 Å². The van der Waals surface area contributed by atoms with Crippen molar-refractivity contribution in [3.05, 3.63) is 50.7 Å². The Morgan fingerprint density at radius 2 is 1.86 bits per heavy atom.